The van der Waals surface area contributed by atoms with Crippen LogP contribution in [0.1, 0.15) is 153 Å². The molecule has 0 bridgehead atoms. The van der Waals surface area contributed by atoms with Gasteiger partial charge in [-0.05, 0) is 35.5 Å². The summed E-state index contributed by atoms with van der Waals surface area (Å²) in [4.78, 5) is 0. The van der Waals surface area contributed by atoms with Gasteiger partial charge in [0.15, 0.2) is 0 Å². The third-order valence-corrected chi connectivity index (χ3v) is 12.9. The number of hydrogen-bond donors (Lipinski definition) is 0. The zero-order valence-electron chi connectivity index (χ0n) is 25.7. The monoisotopic (exact) mass is 658 g/mol. The first-order valence-electron chi connectivity index (χ1n) is 16.3. The van der Waals surface area contributed by atoms with Crippen LogP contribution in [0.15, 0.2) is 24.3 Å². The maximum Gasteiger partial charge on any atom is 0.104 e. The molecule has 0 nitrogen and oxygen atoms in total. The fourth-order valence-electron chi connectivity index (χ4n) is 4.69. The number of benzene rings is 1. The summed E-state index contributed by atoms with van der Waals surface area (Å²) in [6.07, 6.45) is 27.8. The predicted octanol–water partition coefficient (Wildman–Crippen LogP) is 14.0. The second-order valence-corrected chi connectivity index (χ2v) is 17.5. The summed E-state index contributed by atoms with van der Waals surface area (Å²) >= 11 is 18.8. The topological polar surface area (TPSA) is 0 Å². The van der Waals surface area contributed by atoms with Crippen LogP contribution in [0.5, 0.6) is 0 Å². The zero-order valence-corrected chi connectivity index (χ0v) is 30.6. The molecule has 0 aliphatic rings. The number of rotatable bonds is 26. The molecule has 0 saturated carbocycles. The Balaban J connectivity index is 2.07. The lowest BCUT2D eigenvalue weighted by atomic mass is 10.1. The highest BCUT2D eigenvalue weighted by molar-refractivity contribution is 8.47. The molecule has 0 unspecified atom stereocenters. The van der Waals surface area contributed by atoms with Crippen LogP contribution < -0.4 is 0 Å². The van der Waals surface area contributed by atoms with Crippen molar-refractivity contribution in [3.63, 3.8) is 0 Å². The molecular weight excluding hydrogens is 601 g/mol. The summed E-state index contributed by atoms with van der Waals surface area (Å²) < 4.78 is 2.20. The average molecular weight is 659 g/mol. The van der Waals surface area contributed by atoms with E-state index in [4.69, 9.17) is 24.4 Å². The van der Waals surface area contributed by atoms with Crippen LogP contribution in [-0.4, -0.2) is 18.6 Å². The van der Waals surface area contributed by atoms with Gasteiger partial charge in [0, 0.05) is 11.5 Å². The standard InChI is InChI=1S/C34H58S6/c1-3-5-7-9-11-13-15-17-19-23-27-37-33(35)39-29-31-25-21-22-26-32(31)30-40-34(36)38-28-24-20-18-16-14-12-10-8-6-4-2/h21-22,25-26H,3-20,23-24,27-30H2,1-2H3. The van der Waals surface area contributed by atoms with Gasteiger partial charge in [0.1, 0.15) is 7.06 Å². The molecule has 0 atom stereocenters. The Hall–Kier alpha value is 0.800. The average Bonchev–Trinajstić information content (AvgIpc) is 2.97. The Bertz CT molecular complexity index is 674. The minimum atomic E-state index is 0.971. The van der Waals surface area contributed by atoms with Gasteiger partial charge in [0.05, 0.1) is 0 Å². The van der Waals surface area contributed by atoms with Crippen molar-refractivity contribution < 1.29 is 0 Å². The van der Waals surface area contributed by atoms with E-state index in [9.17, 15) is 0 Å². The third-order valence-electron chi connectivity index (χ3n) is 7.25. The minimum absolute atomic E-state index is 0.971. The largest absolute Gasteiger partial charge is 0.108 e. The van der Waals surface area contributed by atoms with Crippen LogP contribution in [-0.2, 0) is 11.5 Å². The lowest BCUT2D eigenvalue weighted by Crippen LogP contribution is -1.94. The zero-order chi connectivity index (χ0) is 28.9. The maximum atomic E-state index is 5.68. The SMILES string of the molecule is CCCCCCCCCCCCSC(=S)SCc1ccccc1CSC(=S)SCCCCCCCCCCCC. The molecule has 0 N–H and O–H groups in total. The Morgan fingerprint density at radius 3 is 1.07 bits per heavy atom. The van der Waals surface area contributed by atoms with Crippen molar-refractivity contribution in [2.45, 2.75) is 154 Å². The van der Waals surface area contributed by atoms with E-state index in [-0.39, 0.29) is 0 Å². The molecular formula is C34H58S6. The smallest absolute Gasteiger partial charge is 0.104 e. The Morgan fingerprint density at radius 1 is 0.450 bits per heavy atom. The van der Waals surface area contributed by atoms with E-state index in [1.165, 1.54) is 151 Å². The van der Waals surface area contributed by atoms with Crippen LogP contribution in [0.3, 0.4) is 0 Å². The molecule has 0 saturated heterocycles. The fourth-order valence-corrected chi connectivity index (χ4v) is 9.20. The molecule has 0 fully saturated rings. The number of hydrogen-bond acceptors (Lipinski definition) is 6. The highest BCUT2D eigenvalue weighted by atomic mass is 32.2. The molecule has 0 aromatic heterocycles. The van der Waals surface area contributed by atoms with Crippen molar-refractivity contribution in [2.75, 3.05) is 11.5 Å². The third kappa shape index (κ3) is 24.3. The molecule has 0 aliphatic carbocycles. The van der Waals surface area contributed by atoms with E-state index in [1.54, 1.807) is 0 Å². The maximum absolute atomic E-state index is 5.68. The van der Waals surface area contributed by atoms with Gasteiger partial charge in [-0.3, -0.25) is 0 Å². The second-order valence-electron chi connectivity index (χ2n) is 10.9. The van der Waals surface area contributed by atoms with Crippen molar-refractivity contribution >= 4 is 78.5 Å². The Morgan fingerprint density at radius 2 is 0.750 bits per heavy atom. The lowest BCUT2D eigenvalue weighted by Gasteiger charge is -2.10. The van der Waals surface area contributed by atoms with E-state index in [0.29, 0.717) is 0 Å². The van der Waals surface area contributed by atoms with Crippen molar-refractivity contribution in [1.29, 1.82) is 0 Å². The van der Waals surface area contributed by atoms with Gasteiger partial charge in [0.2, 0.25) is 0 Å². The Kier molecular flexibility index (Phi) is 29.0. The van der Waals surface area contributed by atoms with E-state index in [2.05, 4.69) is 38.1 Å². The molecule has 0 aliphatic heterocycles. The highest BCUT2D eigenvalue weighted by Crippen LogP contribution is 2.28. The second kappa shape index (κ2) is 29.9. The first-order chi connectivity index (χ1) is 19.7. The summed E-state index contributed by atoms with van der Waals surface area (Å²) in [6, 6.07) is 8.83. The van der Waals surface area contributed by atoms with E-state index >= 15 is 0 Å². The molecule has 6 heteroatoms. The molecule has 0 radical (unpaired) electrons. The van der Waals surface area contributed by atoms with Crippen LogP contribution >= 0.6 is 71.5 Å². The molecule has 1 aromatic carbocycles. The van der Waals surface area contributed by atoms with Gasteiger partial charge in [-0.25, -0.2) is 0 Å². The van der Waals surface area contributed by atoms with Crippen LogP contribution in [0.25, 0.3) is 0 Å². The van der Waals surface area contributed by atoms with E-state index in [1.807, 2.05) is 47.0 Å². The normalized spacial score (nSPS) is 11.2. The lowest BCUT2D eigenvalue weighted by molar-refractivity contribution is 0.563. The molecule has 0 spiro atoms. The summed E-state index contributed by atoms with van der Waals surface area (Å²) in [7, 11) is 0. The van der Waals surface area contributed by atoms with Crippen molar-refractivity contribution in [3.05, 3.63) is 35.4 Å². The van der Waals surface area contributed by atoms with Crippen molar-refractivity contribution in [2.24, 2.45) is 0 Å². The summed E-state index contributed by atoms with van der Waals surface area (Å²) in [5, 5.41) is 0. The summed E-state index contributed by atoms with van der Waals surface area (Å²) in [5.41, 5.74) is 2.81. The number of unbranched alkanes of at least 4 members (excludes halogenated alkanes) is 18. The highest BCUT2D eigenvalue weighted by Gasteiger charge is 2.07. The van der Waals surface area contributed by atoms with Crippen molar-refractivity contribution in [1.82, 2.24) is 0 Å². The van der Waals surface area contributed by atoms with Gasteiger partial charge in [-0.15, -0.1) is 47.0 Å². The molecule has 40 heavy (non-hydrogen) atoms. The van der Waals surface area contributed by atoms with Crippen LogP contribution in [0.4, 0.5) is 0 Å². The van der Waals surface area contributed by atoms with Gasteiger partial charge in [-0.1, -0.05) is 178 Å². The molecule has 1 aromatic rings. The molecule has 0 heterocycles. The van der Waals surface area contributed by atoms with E-state index in [0.717, 1.165) is 18.6 Å². The van der Waals surface area contributed by atoms with Gasteiger partial charge in [0.25, 0.3) is 0 Å². The van der Waals surface area contributed by atoms with Gasteiger partial charge < -0.3 is 0 Å². The summed E-state index contributed by atoms with van der Waals surface area (Å²) in [6.45, 7) is 4.58. The first-order valence-corrected chi connectivity index (χ1v) is 21.1. The fraction of sp³-hybridized carbons (Fsp3) is 0.765. The van der Waals surface area contributed by atoms with Crippen molar-refractivity contribution in [3.8, 4) is 0 Å². The number of thiocarbonyl (C=S) groups is 2. The van der Waals surface area contributed by atoms with Crippen LogP contribution in [0, 0.1) is 0 Å². The van der Waals surface area contributed by atoms with Crippen LogP contribution in [0.2, 0.25) is 0 Å². The number of thioether (sulfide) groups is 4. The van der Waals surface area contributed by atoms with E-state index < -0.39 is 0 Å². The predicted molar refractivity (Wildman–Crippen MR) is 203 cm³/mol. The van der Waals surface area contributed by atoms with Gasteiger partial charge in [-0.2, -0.15) is 0 Å². The molecule has 1 rings (SSSR count). The summed E-state index contributed by atoms with van der Waals surface area (Å²) in [5.74, 6) is 4.28. The molecule has 230 valence electrons. The first kappa shape index (κ1) is 38.8. The quantitative estimate of drug-likeness (QED) is 0.0712. The van der Waals surface area contributed by atoms with Gasteiger partial charge >= 0.3 is 0 Å². The Labute approximate surface area is 277 Å². The molecule has 0 amide bonds. The minimum Gasteiger partial charge on any atom is -0.108 e.